The summed E-state index contributed by atoms with van der Waals surface area (Å²) in [6.45, 7) is 6.92. The first-order valence-electron chi connectivity index (χ1n) is 9.60. The molecule has 27 heavy (non-hydrogen) atoms. The van der Waals surface area contributed by atoms with E-state index in [0.717, 1.165) is 31.8 Å². The normalized spacial score (nSPS) is 11.1. The van der Waals surface area contributed by atoms with Crippen molar-refractivity contribution < 1.29 is 4.74 Å². The first-order chi connectivity index (χ1) is 13.2. The van der Waals surface area contributed by atoms with Crippen LogP contribution in [0.15, 0.2) is 79.1 Å². The molecule has 3 rings (SSSR count). The average molecular weight is 361 g/mol. The van der Waals surface area contributed by atoms with E-state index < -0.39 is 0 Å². The molecule has 0 N–H and O–H groups in total. The molecule has 0 aliphatic carbocycles. The molecule has 0 atom stereocenters. The quantitative estimate of drug-likeness (QED) is 0.530. The lowest BCUT2D eigenvalue weighted by Gasteiger charge is -2.23. The van der Waals surface area contributed by atoms with Gasteiger partial charge in [-0.2, -0.15) is 0 Å². The minimum Gasteiger partial charge on any atom is -0.491 e. The highest BCUT2D eigenvalue weighted by Crippen LogP contribution is 2.18. The van der Waals surface area contributed by atoms with E-state index in [9.17, 15) is 0 Å². The first-order valence-corrected chi connectivity index (χ1v) is 9.60. The summed E-state index contributed by atoms with van der Waals surface area (Å²) in [5.74, 6) is 0.939. The van der Waals surface area contributed by atoms with E-state index in [0.29, 0.717) is 0 Å². The SMILES string of the molecule is CC(C)Oc1cccc(CN(CCc2ccccc2)Cc2ccncc2)c1. The van der Waals surface area contributed by atoms with Gasteiger partial charge in [-0.05, 0) is 61.2 Å². The van der Waals surface area contributed by atoms with Crippen LogP contribution >= 0.6 is 0 Å². The highest BCUT2D eigenvalue weighted by molar-refractivity contribution is 5.29. The molecule has 0 spiro atoms. The lowest BCUT2D eigenvalue weighted by Crippen LogP contribution is -2.25. The fourth-order valence-electron chi connectivity index (χ4n) is 3.14. The Labute approximate surface area is 162 Å². The summed E-state index contributed by atoms with van der Waals surface area (Å²) in [6.07, 6.45) is 4.95. The van der Waals surface area contributed by atoms with Crippen molar-refractivity contribution in [3.05, 3.63) is 95.8 Å². The second-order valence-electron chi connectivity index (χ2n) is 7.12. The van der Waals surface area contributed by atoms with Crippen LogP contribution in [-0.4, -0.2) is 22.5 Å². The predicted octanol–water partition coefficient (Wildman–Crippen LogP) is 5.11. The Morgan fingerprint density at radius 1 is 0.815 bits per heavy atom. The maximum absolute atomic E-state index is 5.86. The minimum absolute atomic E-state index is 0.186. The Kier molecular flexibility index (Phi) is 7.00. The summed E-state index contributed by atoms with van der Waals surface area (Å²) < 4.78 is 5.86. The molecule has 0 aliphatic heterocycles. The van der Waals surface area contributed by atoms with Crippen molar-refractivity contribution in [2.45, 2.75) is 39.5 Å². The molecule has 0 radical (unpaired) electrons. The van der Waals surface area contributed by atoms with Crippen LogP contribution in [0.4, 0.5) is 0 Å². The molecule has 140 valence electrons. The van der Waals surface area contributed by atoms with Crippen LogP contribution < -0.4 is 4.74 Å². The van der Waals surface area contributed by atoms with Gasteiger partial charge in [0.15, 0.2) is 0 Å². The highest BCUT2D eigenvalue weighted by Gasteiger charge is 2.09. The third-order valence-corrected chi connectivity index (χ3v) is 4.39. The van der Waals surface area contributed by atoms with Crippen molar-refractivity contribution in [2.75, 3.05) is 6.54 Å². The van der Waals surface area contributed by atoms with Crippen LogP contribution in [0, 0.1) is 0 Å². The van der Waals surface area contributed by atoms with Gasteiger partial charge in [-0.3, -0.25) is 9.88 Å². The van der Waals surface area contributed by atoms with E-state index >= 15 is 0 Å². The standard InChI is InChI=1S/C24H28N2O/c1-20(2)27-24-10-6-9-23(17-24)19-26(18-22-11-14-25-15-12-22)16-13-21-7-4-3-5-8-21/h3-12,14-15,17,20H,13,16,18-19H2,1-2H3. The number of benzene rings is 2. The van der Waals surface area contributed by atoms with Gasteiger partial charge in [0.25, 0.3) is 0 Å². The Balaban J connectivity index is 1.70. The molecule has 0 aliphatic rings. The van der Waals surface area contributed by atoms with Gasteiger partial charge in [0.1, 0.15) is 5.75 Å². The highest BCUT2D eigenvalue weighted by atomic mass is 16.5. The van der Waals surface area contributed by atoms with Gasteiger partial charge in [-0.1, -0.05) is 42.5 Å². The number of nitrogens with zero attached hydrogens (tertiary/aromatic N) is 2. The van der Waals surface area contributed by atoms with Gasteiger partial charge < -0.3 is 4.74 Å². The molecule has 0 amide bonds. The molecule has 3 aromatic rings. The summed E-state index contributed by atoms with van der Waals surface area (Å²) in [6, 6.07) is 23.3. The largest absolute Gasteiger partial charge is 0.491 e. The summed E-state index contributed by atoms with van der Waals surface area (Å²) in [5.41, 5.74) is 3.93. The fraction of sp³-hybridized carbons (Fsp3) is 0.292. The number of pyridine rings is 1. The number of ether oxygens (including phenoxy) is 1. The van der Waals surface area contributed by atoms with Crippen molar-refractivity contribution in [2.24, 2.45) is 0 Å². The molecular formula is C24H28N2O. The van der Waals surface area contributed by atoms with E-state index in [1.165, 1.54) is 16.7 Å². The van der Waals surface area contributed by atoms with Crippen LogP contribution in [0.2, 0.25) is 0 Å². The second-order valence-corrected chi connectivity index (χ2v) is 7.12. The van der Waals surface area contributed by atoms with Gasteiger partial charge >= 0.3 is 0 Å². The molecule has 0 unspecified atom stereocenters. The lowest BCUT2D eigenvalue weighted by molar-refractivity contribution is 0.239. The average Bonchev–Trinajstić information content (AvgIpc) is 2.67. The van der Waals surface area contributed by atoms with E-state index in [1.807, 2.05) is 18.5 Å². The first kappa shape index (κ1) is 19.1. The molecule has 3 nitrogen and oxygen atoms in total. The smallest absolute Gasteiger partial charge is 0.120 e. The van der Waals surface area contributed by atoms with Crippen LogP contribution in [0.1, 0.15) is 30.5 Å². The minimum atomic E-state index is 0.186. The molecule has 0 bridgehead atoms. The monoisotopic (exact) mass is 360 g/mol. The summed E-state index contributed by atoms with van der Waals surface area (Å²) in [4.78, 5) is 6.62. The third kappa shape index (κ3) is 6.54. The number of rotatable bonds is 9. The summed E-state index contributed by atoms with van der Waals surface area (Å²) in [5, 5.41) is 0. The van der Waals surface area contributed by atoms with Gasteiger partial charge in [0, 0.05) is 32.0 Å². The maximum Gasteiger partial charge on any atom is 0.120 e. The van der Waals surface area contributed by atoms with E-state index in [1.54, 1.807) is 0 Å². The molecule has 1 heterocycles. The predicted molar refractivity (Wildman–Crippen MR) is 111 cm³/mol. The fourth-order valence-corrected chi connectivity index (χ4v) is 3.14. The van der Waals surface area contributed by atoms with Crippen LogP contribution in [0.25, 0.3) is 0 Å². The van der Waals surface area contributed by atoms with Crippen LogP contribution in [0.5, 0.6) is 5.75 Å². The molecule has 1 aromatic heterocycles. The van der Waals surface area contributed by atoms with E-state index in [4.69, 9.17) is 4.74 Å². The molecule has 0 saturated carbocycles. The Bertz CT molecular complexity index is 803. The van der Waals surface area contributed by atoms with Crippen molar-refractivity contribution >= 4 is 0 Å². The van der Waals surface area contributed by atoms with Gasteiger partial charge in [0.05, 0.1) is 6.10 Å². The molecule has 2 aromatic carbocycles. The van der Waals surface area contributed by atoms with Crippen molar-refractivity contribution in [1.29, 1.82) is 0 Å². The number of hydrogen-bond donors (Lipinski definition) is 0. The third-order valence-electron chi connectivity index (χ3n) is 4.39. The van der Waals surface area contributed by atoms with Gasteiger partial charge in [-0.15, -0.1) is 0 Å². The number of aromatic nitrogens is 1. The number of hydrogen-bond acceptors (Lipinski definition) is 3. The van der Waals surface area contributed by atoms with Crippen molar-refractivity contribution in [1.82, 2.24) is 9.88 Å². The zero-order chi connectivity index (χ0) is 18.9. The Morgan fingerprint density at radius 3 is 2.26 bits per heavy atom. The summed E-state index contributed by atoms with van der Waals surface area (Å²) in [7, 11) is 0. The van der Waals surface area contributed by atoms with Crippen LogP contribution in [0.3, 0.4) is 0 Å². The molecule has 0 fully saturated rings. The van der Waals surface area contributed by atoms with Crippen molar-refractivity contribution in [3.63, 3.8) is 0 Å². The van der Waals surface area contributed by atoms with Gasteiger partial charge in [0.2, 0.25) is 0 Å². The Hall–Kier alpha value is -2.65. The van der Waals surface area contributed by atoms with Gasteiger partial charge in [-0.25, -0.2) is 0 Å². The zero-order valence-electron chi connectivity index (χ0n) is 16.2. The van der Waals surface area contributed by atoms with Crippen molar-refractivity contribution in [3.8, 4) is 5.75 Å². The topological polar surface area (TPSA) is 25.4 Å². The lowest BCUT2D eigenvalue weighted by atomic mass is 10.1. The Morgan fingerprint density at radius 2 is 1.52 bits per heavy atom. The molecule has 3 heteroatoms. The maximum atomic E-state index is 5.86. The zero-order valence-corrected chi connectivity index (χ0v) is 16.2. The van der Waals surface area contributed by atoms with E-state index in [2.05, 4.69) is 84.4 Å². The van der Waals surface area contributed by atoms with Crippen LogP contribution in [-0.2, 0) is 19.5 Å². The molecular weight excluding hydrogens is 332 g/mol. The summed E-state index contributed by atoms with van der Waals surface area (Å²) >= 11 is 0. The second kappa shape index (κ2) is 9.89. The molecule has 0 saturated heterocycles. The van der Waals surface area contributed by atoms with E-state index in [-0.39, 0.29) is 6.10 Å².